The van der Waals surface area contributed by atoms with E-state index in [4.69, 9.17) is 0 Å². The van der Waals surface area contributed by atoms with Gasteiger partial charge in [0, 0.05) is 11.8 Å². The van der Waals surface area contributed by atoms with Crippen LogP contribution < -0.4 is 5.32 Å². The van der Waals surface area contributed by atoms with Gasteiger partial charge in [0.1, 0.15) is 17.8 Å². The minimum atomic E-state index is -0.448. The molecule has 6 heteroatoms. The summed E-state index contributed by atoms with van der Waals surface area (Å²) in [4.78, 5) is 31.7. The molecule has 0 spiro atoms. The molecule has 2 rings (SSSR count). The van der Waals surface area contributed by atoms with Crippen LogP contribution in [0.5, 0.6) is 0 Å². The normalized spacial score (nSPS) is 13.4. The SMILES string of the molecule is CC(C(=O)NC(c1cncnc1C=O)C(C)C)c1ccc(F)cc1. The maximum atomic E-state index is 13.0. The van der Waals surface area contributed by atoms with Crippen molar-refractivity contribution < 1.29 is 14.0 Å². The highest BCUT2D eigenvalue weighted by molar-refractivity contribution is 5.84. The van der Waals surface area contributed by atoms with Gasteiger partial charge in [0.05, 0.1) is 12.0 Å². The summed E-state index contributed by atoms with van der Waals surface area (Å²) in [6, 6.07) is 5.45. The molecule has 0 aliphatic rings. The number of nitrogens with zero attached hydrogens (tertiary/aromatic N) is 2. The van der Waals surface area contributed by atoms with Gasteiger partial charge in [-0.05, 0) is 30.5 Å². The van der Waals surface area contributed by atoms with E-state index in [-0.39, 0.29) is 29.4 Å². The molecule has 1 N–H and O–H groups in total. The molecule has 0 radical (unpaired) electrons. The van der Waals surface area contributed by atoms with Crippen LogP contribution in [0.15, 0.2) is 36.8 Å². The van der Waals surface area contributed by atoms with Crippen molar-refractivity contribution in [1.29, 1.82) is 0 Å². The van der Waals surface area contributed by atoms with Gasteiger partial charge in [-0.15, -0.1) is 0 Å². The lowest BCUT2D eigenvalue weighted by Crippen LogP contribution is -2.35. The maximum Gasteiger partial charge on any atom is 0.227 e. The number of nitrogens with one attached hydrogen (secondary N) is 1. The Hall–Kier alpha value is -2.63. The Kier molecular flexibility index (Phi) is 5.73. The van der Waals surface area contributed by atoms with Crippen molar-refractivity contribution in [3.63, 3.8) is 0 Å². The first-order chi connectivity index (χ1) is 11.4. The molecule has 2 unspecified atom stereocenters. The molecule has 2 atom stereocenters. The third-order valence-corrected chi connectivity index (χ3v) is 3.95. The van der Waals surface area contributed by atoms with Crippen LogP contribution in [0.1, 0.15) is 54.3 Å². The Morgan fingerprint density at radius 1 is 1.21 bits per heavy atom. The summed E-state index contributed by atoms with van der Waals surface area (Å²) in [5.41, 5.74) is 1.57. The zero-order valence-electron chi connectivity index (χ0n) is 13.9. The van der Waals surface area contributed by atoms with E-state index >= 15 is 0 Å². The smallest absolute Gasteiger partial charge is 0.227 e. The van der Waals surface area contributed by atoms with E-state index in [1.807, 2.05) is 13.8 Å². The van der Waals surface area contributed by atoms with Crippen LogP contribution in [0, 0.1) is 11.7 Å². The van der Waals surface area contributed by atoms with Crippen molar-refractivity contribution in [3.8, 4) is 0 Å². The summed E-state index contributed by atoms with van der Waals surface area (Å²) in [6.45, 7) is 5.63. The molecule has 0 saturated heterocycles. The highest BCUT2D eigenvalue weighted by Gasteiger charge is 2.25. The van der Waals surface area contributed by atoms with Crippen LogP contribution >= 0.6 is 0 Å². The molecule has 5 nitrogen and oxygen atoms in total. The molecule has 0 fully saturated rings. The van der Waals surface area contributed by atoms with E-state index in [1.54, 1.807) is 25.3 Å². The maximum absolute atomic E-state index is 13.0. The molecular formula is C18H20FN3O2. The molecule has 126 valence electrons. The van der Waals surface area contributed by atoms with Gasteiger partial charge in [0.15, 0.2) is 6.29 Å². The number of carbonyl (C=O) groups excluding carboxylic acids is 2. The van der Waals surface area contributed by atoms with E-state index in [0.717, 1.165) is 5.56 Å². The monoisotopic (exact) mass is 329 g/mol. The molecule has 1 heterocycles. The molecular weight excluding hydrogens is 309 g/mol. The van der Waals surface area contributed by atoms with Crippen LogP contribution in [-0.4, -0.2) is 22.2 Å². The second-order valence-electron chi connectivity index (χ2n) is 5.98. The number of benzene rings is 1. The van der Waals surface area contributed by atoms with Gasteiger partial charge in [-0.1, -0.05) is 26.0 Å². The Labute approximate surface area is 140 Å². The van der Waals surface area contributed by atoms with Crippen molar-refractivity contribution in [2.75, 3.05) is 0 Å². The molecule has 1 amide bonds. The first-order valence-corrected chi connectivity index (χ1v) is 7.75. The van der Waals surface area contributed by atoms with Gasteiger partial charge in [0.2, 0.25) is 5.91 Å². The average molecular weight is 329 g/mol. The first-order valence-electron chi connectivity index (χ1n) is 7.75. The van der Waals surface area contributed by atoms with Gasteiger partial charge >= 0.3 is 0 Å². The number of hydrogen-bond acceptors (Lipinski definition) is 4. The molecule has 0 aliphatic carbocycles. The number of aromatic nitrogens is 2. The summed E-state index contributed by atoms with van der Waals surface area (Å²) >= 11 is 0. The largest absolute Gasteiger partial charge is 0.348 e. The lowest BCUT2D eigenvalue weighted by Gasteiger charge is -2.25. The minimum Gasteiger partial charge on any atom is -0.348 e. The Morgan fingerprint density at radius 3 is 2.46 bits per heavy atom. The van der Waals surface area contributed by atoms with Crippen molar-refractivity contribution in [1.82, 2.24) is 15.3 Å². The van der Waals surface area contributed by atoms with Crippen LogP contribution in [-0.2, 0) is 4.79 Å². The van der Waals surface area contributed by atoms with Crippen LogP contribution in [0.2, 0.25) is 0 Å². The van der Waals surface area contributed by atoms with E-state index in [2.05, 4.69) is 15.3 Å². The standard InChI is InChI=1S/C18H20FN3O2/c1-11(2)17(15-8-20-10-21-16(15)9-23)22-18(24)12(3)13-4-6-14(19)7-5-13/h4-12,17H,1-3H3,(H,22,24). The molecule has 24 heavy (non-hydrogen) atoms. The second-order valence-corrected chi connectivity index (χ2v) is 5.98. The fourth-order valence-electron chi connectivity index (χ4n) is 2.47. The Morgan fingerprint density at radius 2 is 1.88 bits per heavy atom. The number of amides is 1. The van der Waals surface area contributed by atoms with E-state index in [0.29, 0.717) is 11.8 Å². The summed E-state index contributed by atoms with van der Waals surface area (Å²) < 4.78 is 13.0. The number of rotatable bonds is 6. The van der Waals surface area contributed by atoms with Gasteiger partial charge < -0.3 is 5.32 Å². The van der Waals surface area contributed by atoms with E-state index in [9.17, 15) is 14.0 Å². The van der Waals surface area contributed by atoms with Crippen molar-refractivity contribution in [2.45, 2.75) is 32.7 Å². The minimum absolute atomic E-state index is 0.0408. The molecule has 0 saturated carbocycles. The predicted octanol–water partition coefficient (Wildman–Crippen LogP) is 3.05. The Balaban J connectivity index is 2.22. The molecule has 2 aromatic rings. The van der Waals surface area contributed by atoms with Crippen molar-refractivity contribution >= 4 is 12.2 Å². The number of carbonyl (C=O) groups is 2. The van der Waals surface area contributed by atoms with Gasteiger partial charge in [-0.25, -0.2) is 14.4 Å². The average Bonchev–Trinajstić information content (AvgIpc) is 2.59. The van der Waals surface area contributed by atoms with Crippen molar-refractivity contribution in [3.05, 3.63) is 59.4 Å². The summed E-state index contributed by atoms with van der Waals surface area (Å²) in [5.74, 6) is -0.959. The molecule has 0 aliphatic heterocycles. The van der Waals surface area contributed by atoms with Gasteiger partial charge in [-0.3, -0.25) is 9.59 Å². The third kappa shape index (κ3) is 4.01. The zero-order valence-corrected chi connectivity index (χ0v) is 13.9. The van der Waals surface area contributed by atoms with E-state index < -0.39 is 5.92 Å². The van der Waals surface area contributed by atoms with Crippen LogP contribution in [0.25, 0.3) is 0 Å². The highest BCUT2D eigenvalue weighted by atomic mass is 19.1. The summed E-state index contributed by atoms with van der Waals surface area (Å²) in [5, 5.41) is 2.95. The number of aldehydes is 1. The fraction of sp³-hybridized carbons (Fsp3) is 0.333. The van der Waals surface area contributed by atoms with Crippen molar-refractivity contribution in [2.24, 2.45) is 5.92 Å². The zero-order chi connectivity index (χ0) is 17.7. The first kappa shape index (κ1) is 17.7. The lowest BCUT2D eigenvalue weighted by atomic mass is 9.94. The van der Waals surface area contributed by atoms with Crippen LogP contribution in [0.4, 0.5) is 4.39 Å². The summed E-state index contributed by atoms with van der Waals surface area (Å²) in [7, 11) is 0. The number of hydrogen-bond donors (Lipinski definition) is 1. The third-order valence-electron chi connectivity index (χ3n) is 3.95. The Bertz CT molecular complexity index is 716. The highest BCUT2D eigenvalue weighted by Crippen LogP contribution is 2.25. The summed E-state index contributed by atoms with van der Waals surface area (Å²) in [6.07, 6.45) is 3.50. The second kappa shape index (κ2) is 7.77. The van der Waals surface area contributed by atoms with E-state index in [1.165, 1.54) is 18.5 Å². The van der Waals surface area contributed by atoms with Gasteiger partial charge in [0.25, 0.3) is 0 Å². The predicted molar refractivity (Wildman–Crippen MR) is 88.0 cm³/mol. The fourth-order valence-corrected chi connectivity index (χ4v) is 2.47. The number of halogens is 1. The molecule has 1 aromatic carbocycles. The molecule has 1 aromatic heterocycles. The molecule has 0 bridgehead atoms. The van der Waals surface area contributed by atoms with Crippen LogP contribution in [0.3, 0.4) is 0 Å². The quantitative estimate of drug-likeness (QED) is 0.827. The topological polar surface area (TPSA) is 72.0 Å². The lowest BCUT2D eigenvalue weighted by molar-refractivity contribution is -0.123. The van der Waals surface area contributed by atoms with Gasteiger partial charge in [-0.2, -0.15) is 0 Å².